The van der Waals surface area contributed by atoms with Crippen LogP contribution in [0, 0.1) is 11.7 Å². The molecule has 2 nitrogen and oxygen atoms in total. The number of nitrogens with one attached hydrogen (secondary N) is 1. The maximum atomic E-state index is 13.0. The number of piperidine rings is 1. The lowest BCUT2D eigenvalue weighted by Gasteiger charge is -2.39. The molecule has 0 amide bonds. The van der Waals surface area contributed by atoms with Crippen molar-refractivity contribution in [1.82, 2.24) is 5.32 Å². The van der Waals surface area contributed by atoms with Crippen molar-refractivity contribution in [2.45, 2.75) is 32.0 Å². The van der Waals surface area contributed by atoms with Crippen molar-refractivity contribution in [2.75, 3.05) is 24.5 Å². The molecule has 0 saturated carbocycles. The highest BCUT2D eigenvalue weighted by molar-refractivity contribution is 5.47. The van der Waals surface area contributed by atoms with E-state index in [0.717, 1.165) is 25.1 Å². The Balaban J connectivity index is 2.02. The van der Waals surface area contributed by atoms with Gasteiger partial charge in [0, 0.05) is 24.8 Å². The van der Waals surface area contributed by atoms with E-state index in [-0.39, 0.29) is 11.9 Å². The van der Waals surface area contributed by atoms with Gasteiger partial charge in [-0.05, 0) is 36.6 Å². The van der Waals surface area contributed by atoms with Crippen molar-refractivity contribution in [1.29, 1.82) is 0 Å². The number of anilines is 1. The second-order valence-electron chi connectivity index (χ2n) is 5.58. The molecular formula is C15H20F4N2. The topological polar surface area (TPSA) is 15.3 Å². The number of hydrogen-bond acceptors (Lipinski definition) is 2. The zero-order chi connectivity index (χ0) is 15.5. The predicted molar refractivity (Wildman–Crippen MR) is 74.9 cm³/mol. The van der Waals surface area contributed by atoms with Gasteiger partial charge in [-0.3, -0.25) is 0 Å². The summed E-state index contributed by atoms with van der Waals surface area (Å²) in [5.41, 5.74) is 0.855. The molecule has 0 spiro atoms. The first-order valence-corrected chi connectivity index (χ1v) is 7.18. The van der Waals surface area contributed by atoms with Gasteiger partial charge in [0.1, 0.15) is 5.82 Å². The lowest BCUT2D eigenvalue weighted by Crippen LogP contribution is -2.51. The number of hydrogen-bond donors (Lipinski definition) is 1. The van der Waals surface area contributed by atoms with Gasteiger partial charge in [0.05, 0.1) is 6.54 Å². The highest BCUT2D eigenvalue weighted by Gasteiger charge is 2.31. The Morgan fingerprint density at radius 2 is 1.86 bits per heavy atom. The van der Waals surface area contributed by atoms with E-state index in [0.29, 0.717) is 12.5 Å². The van der Waals surface area contributed by atoms with Gasteiger partial charge in [-0.2, -0.15) is 13.2 Å². The Labute approximate surface area is 122 Å². The summed E-state index contributed by atoms with van der Waals surface area (Å²) in [6, 6.07) is 5.91. The van der Waals surface area contributed by atoms with Gasteiger partial charge in [0.25, 0.3) is 0 Å². The molecule has 1 aliphatic heterocycles. The molecule has 1 fully saturated rings. The van der Waals surface area contributed by atoms with E-state index in [1.54, 1.807) is 12.1 Å². The summed E-state index contributed by atoms with van der Waals surface area (Å²) in [6.45, 7) is 2.38. The third-order valence-corrected chi connectivity index (χ3v) is 3.90. The van der Waals surface area contributed by atoms with Crippen molar-refractivity contribution < 1.29 is 17.6 Å². The molecule has 1 heterocycles. The highest BCUT2D eigenvalue weighted by atomic mass is 19.4. The quantitative estimate of drug-likeness (QED) is 0.855. The summed E-state index contributed by atoms with van der Waals surface area (Å²) in [4.78, 5) is 2.03. The molecular weight excluding hydrogens is 284 g/mol. The molecule has 1 aliphatic rings. The van der Waals surface area contributed by atoms with Crippen LogP contribution in [0.15, 0.2) is 24.3 Å². The zero-order valence-corrected chi connectivity index (χ0v) is 12.0. The van der Waals surface area contributed by atoms with Crippen LogP contribution in [0.1, 0.15) is 19.8 Å². The number of alkyl halides is 3. The Bertz CT molecular complexity index is 444. The van der Waals surface area contributed by atoms with Crippen LogP contribution in [0.5, 0.6) is 0 Å². The largest absolute Gasteiger partial charge is 0.401 e. The lowest BCUT2D eigenvalue weighted by molar-refractivity contribution is -0.126. The van der Waals surface area contributed by atoms with Crippen molar-refractivity contribution in [3.63, 3.8) is 0 Å². The molecule has 1 aromatic rings. The molecule has 2 rings (SSSR count). The second-order valence-corrected chi connectivity index (χ2v) is 5.58. The first-order chi connectivity index (χ1) is 9.87. The van der Waals surface area contributed by atoms with E-state index in [4.69, 9.17) is 0 Å². The Morgan fingerprint density at radius 3 is 2.43 bits per heavy atom. The molecule has 0 aromatic heterocycles. The van der Waals surface area contributed by atoms with Gasteiger partial charge in [-0.25, -0.2) is 4.39 Å². The molecule has 1 saturated heterocycles. The Kier molecular flexibility index (Phi) is 5.08. The summed E-state index contributed by atoms with van der Waals surface area (Å²) >= 11 is 0. The van der Waals surface area contributed by atoms with Gasteiger partial charge in [-0.1, -0.05) is 13.3 Å². The maximum Gasteiger partial charge on any atom is 0.401 e. The van der Waals surface area contributed by atoms with Crippen molar-refractivity contribution in [3.8, 4) is 0 Å². The van der Waals surface area contributed by atoms with Gasteiger partial charge in [0.2, 0.25) is 0 Å². The smallest absolute Gasteiger partial charge is 0.370 e. The number of rotatable bonds is 4. The molecule has 1 aromatic carbocycles. The maximum absolute atomic E-state index is 13.0. The van der Waals surface area contributed by atoms with Gasteiger partial charge < -0.3 is 10.2 Å². The fraction of sp³-hybridized carbons (Fsp3) is 0.600. The van der Waals surface area contributed by atoms with Crippen LogP contribution in [0.3, 0.4) is 0 Å². The lowest BCUT2D eigenvalue weighted by atomic mass is 9.91. The van der Waals surface area contributed by atoms with Gasteiger partial charge in [-0.15, -0.1) is 0 Å². The zero-order valence-electron chi connectivity index (χ0n) is 12.0. The predicted octanol–water partition coefficient (Wildman–Crippen LogP) is 3.58. The molecule has 1 N–H and O–H groups in total. The standard InChI is InChI=1S/C15H20F4N2/c1-2-11-7-13(20-10-15(17,18)19)9-21(8-11)14-5-3-12(16)4-6-14/h3-6,11,13,20H,2,7-10H2,1H3. The van der Waals surface area contributed by atoms with Crippen LogP contribution in [0.2, 0.25) is 0 Å². The second kappa shape index (κ2) is 6.64. The minimum Gasteiger partial charge on any atom is -0.370 e. The van der Waals surface area contributed by atoms with E-state index < -0.39 is 12.7 Å². The van der Waals surface area contributed by atoms with Crippen molar-refractivity contribution in [2.24, 2.45) is 5.92 Å². The first-order valence-electron chi connectivity index (χ1n) is 7.18. The molecule has 118 valence electrons. The highest BCUT2D eigenvalue weighted by Crippen LogP contribution is 2.26. The fourth-order valence-electron chi connectivity index (χ4n) is 2.77. The average Bonchev–Trinajstić information content (AvgIpc) is 2.45. The SMILES string of the molecule is CCC1CC(NCC(F)(F)F)CN(c2ccc(F)cc2)C1. The number of nitrogens with zero attached hydrogens (tertiary/aromatic N) is 1. The third-order valence-electron chi connectivity index (χ3n) is 3.90. The van der Waals surface area contributed by atoms with E-state index in [1.807, 2.05) is 11.8 Å². The van der Waals surface area contributed by atoms with Crippen LogP contribution in [-0.4, -0.2) is 31.9 Å². The van der Waals surface area contributed by atoms with Crippen LogP contribution in [0.4, 0.5) is 23.2 Å². The molecule has 6 heteroatoms. The van der Waals surface area contributed by atoms with Crippen LogP contribution in [-0.2, 0) is 0 Å². The summed E-state index contributed by atoms with van der Waals surface area (Å²) < 4.78 is 50.0. The minimum absolute atomic E-state index is 0.199. The van der Waals surface area contributed by atoms with Crippen molar-refractivity contribution >= 4 is 5.69 Å². The van der Waals surface area contributed by atoms with E-state index in [2.05, 4.69) is 5.32 Å². The van der Waals surface area contributed by atoms with E-state index in [1.165, 1.54) is 12.1 Å². The molecule has 2 atom stereocenters. The first kappa shape index (κ1) is 16.1. The summed E-state index contributed by atoms with van der Waals surface area (Å²) in [6.07, 6.45) is -2.54. The number of benzene rings is 1. The summed E-state index contributed by atoms with van der Waals surface area (Å²) in [7, 11) is 0. The number of halogens is 4. The van der Waals surface area contributed by atoms with E-state index in [9.17, 15) is 17.6 Å². The van der Waals surface area contributed by atoms with Gasteiger partial charge in [0.15, 0.2) is 0 Å². The van der Waals surface area contributed by atoms with Crippen LogP contribution >= 0.6 is 0 Å². The average molecular weight is 304 g/mol. The summed E-state index contributed by atoms with van der Waals surface area (Å²) in [5.74, 6) is 0.0316. The van der Waals surface area contributed by atoms with Gasteiger partial charge >= 0.3 is 6.18 Å². The molecule has 2 unspecified atom stereocenters. The van der Waals surface area contributed by atoms with Crippen LogP contribution < -0.4 is 10.2 Å². The molecule has 0 bridgehead atoms. The molecule has 0 aliphatic carbocycles. The summed E-state index contributed by atoms with van der Waals surface area (Å²) in [5, 5.41) is 2.60. The molecule has 21 heavy (non-hydrogen) atoms. The minimum atomic E-state index is -4.19. The third kappa shape index (κ3) is 4.88. The Morgan fingerprint density at radius 1 is 1.19 bits per heavy atom. The normalized spacial score (nSPS) is 23.4. The monoisotopic (exact) mass is 304 g/mol. The molecule has 0 radical (unpaired) electrons. The Hall–Kier alpha value is -1.30. The fourth-order valence-corrected chi connectivity index (χ4v) is 2.77. The van der Waals surface area contributed by atoms with Crippen LogP contribution in [0.25, 0.3) is 0 Å². The van der Waals surface area contributed by atoms with E-state index >= 15 is 0 Å². The van der Waals surface area contributed by atoms with Crippen molar-refractivity contribution in [3.05, 3.63) is 30.1 Å².